The fraction of sp³-hybridized carbons (Fsp3) is 0.222. The van der Waals surface area contributed by atoms with E-state index in [0.29, 0.717) is 0 Å². The van der Waals surface area contributed by atoms with Crippen LogP contribution in [0.25, 0.3) is 0 Å². The molecule has 0 bridgehead atoms. The topological polar surface area (TPSA) is 83.9 Å². The lowest BCUT2D eigenvalue weighted by Crippen LogP contribution is -2.46. The molecule has 2 rings (SSSR count). The van der Waals surface area contributed by atoms with Crippen molar-refractivity contribution in [3.8, 4) is 0 Å². The van der Waals surface area contributed by atoms with Crippen molar-refractivity contribution in [1.29, 1.82) is 0 Å². The molecule has 0 atom stereocenters. The Kier molecular flexibility index (Phi) is 2.71. The quantitative estimate of drug-likeness (QED) is 0.754. The van der Waals surface area contributed by atoms with E-state index in [1.54, 1.807) is 0 Å². The van der Waals surface area contributed by atoms with Crippen LogP contribution in [0.4, 0.5) is 5.00 Å². The van der Waals surface area contributed by atoms with Crippen molar-refractivity contribution in [1.82, 2.24) is 0 Å². The zero-order valence-corrected chi connectivity index (χ0v) is 8.82. The molecule has 6 nitrogen and oxygen atoms in total. The van der Waals surface area contributed by atoms with Crippen molar-refractivity contribution < 1.29 is 24.2 Å². The Morgan fingerprint density at radius 2 is 2.00 bits per heavy atom. The van der Waals surface area contributed by atoms with Crippen molar-refractivity contribution in [3.63, 3.8) is 0 Å². The Labute approximate surface area is 94.0 Å². The van der Waals surface area contributed by atoms with Gasteiger partial charge in [0.15, 0.2) is 0 Å². The number of nitrogens with zero attached hydrogens (tertiary/aromatic N) is 1. The van der Waals surface area contributed by atoms with E-state index in [1.165, 1.54) is 11.4 Å². The number of rotatable bonds is 2. The second-order valence-corrected chi connectivity index (χ2v) is 3.95. The lowest BCUT2D eigenvalue weighted by atomic mass is 10.3. The summed E-state index contributed by atoms with van der Waals surface area (Å²) in [5.41, 5.74) is -0.0476. The molecule has 1 fully saturated rings. The molecule has 1 aliphatic heterocycles. The lowest BCUT2D eigenvalue weighted by molar-refractivity contribution is -0.138. The molecule has 0 aliphatic carbocycles. The Hall–Kier alpha value is -1.73. The number of amides is 2. The van der Waals surface area contributed by atoms with Crippen LogP contribution in [0, 0.1) is 0 Å². The smallest absolute Gasteiger partial charge is 0.338 e. The number of anilines is 1. The van der Waals surface area contributed by atoms with Crippen LogP contribution in [0.1, 0.15) is 10.4 Å². The predicted octanol–water partition coefficient (Wildman–Crippen LogP) is 0.336. The van der Waals surface area contributed by atoms with E-state index >= 15 is 0 Å². The van der Waals surface area contributed by atoms with Crippen LogP contribution in [0.15, 0.2) is 11.4 Å². The van der Waals surface area contributed by atoms with Gasteiger partial charge in [-0.15, -0.1) is 11.3 Å². The van der Waals surface area contributed by atoms with Gasteiger partial charge in [0.05, 0.1) is 5.56 Å². The molecule has 84 valence electrons. The van der Waals surface area contributed by atoms with Gasteiger partial charge in [-0.25, -0.2) is 9.69 Å². The summed E-state index contributed by atoms with van der Waals surface area (Å²) in [6.07, 6.45) is 0. The molecule has 1 N–H and O–H groups in total. The second-order valence-electron chi connectivity index (χ2n) is 3.06. The molecule has 7 heteroatoms. The highest BCUT2D eigenvalue weighted by Crippen LogP contribution is 2.29. The van der Waals surface area contributed by atoms with Crippen molar-refractivity contribution in [2.75, 3.05) is 18.1 Å². The van der Waals surface area contributed by atoms with Gasteiger partial charge < -0.3 is 9.84 Å². The summed E-state index contributed by atoms with van der Waals surface area (Å²) in [6.45, 7) is -0.411. The first-order chi connectivity index (χ1) is 7.61. The Morgan fingerprint density at radius 3 is 2.56 bits per heavy atom. The zero-order chi connectivity index (χ0) is 11.7. The largest absolute Gasteiger partial charge is 0.478 e. The number of thiophene rings is 1. The molecule has 1 aliphatic rings. The van der Waals surface area contributed by atoms with Crippen molar-refractivity contribution in [2.24, 2.45) is 0 Å². The SMILES string of the molecule is O=C(O)c1ccsc1N1C(=O)COCC1=O. The van der Waals surface area contributed by atoms with E-state index in [4.69, 9.17) is 9.84 Å². The number of ether oxygens (including phenoxy) is 1. The fourth-order valence-corrected chi connectivity index (χ4v) is 2.28. The number of hydrogen-bond acceptors (Lipinski definition) is 5. The lowest BCUT2D eigenvalue weighted by Gasteiger charge is -2.23. The Balaban J connectivity index is 2.42. The number of carbonyl (C=O) groups is 3. The molecule has 16 heavy (non-hydrogen) atoms. The third-order valence-electron chi connectivity index (χ3n) is 2.03. The van der Waals surface area contributed by atoms with Crippen LogP contribution in [-0.2, 0) is 14.3 Å². The average molecular weight is 241 g/mol. The molecule has 0 spiro atoms. The zero-order valence-electron chi connectivity index (χ0n) is 8.00. The molecule has 0 unspecified atom stereocenters. The second kappa shape index (κ2) is 4.03. The monoisotopic (exact) mass is 241 g/mol. The molecule has 2 amide bonds. The van der Waals surface area contributed by atoms with Gasteiger partial charge in [0.1, 0.15) is 18.2 Å². The summed E-state index contributed by atoms with van der Waals surface area (Å²) in [4.78, 5) is 34.7. The molecule has 0 radical (unpaired) electrons. The maximum atomic E-state index is 11.5. The van der Waals surface area contributed by atoms with E-state index in [9.17, 15) is 14.4 Å². The van der Waals surface area contributed by atoms with Gasteiger partial charge in [-0.3, -0.25) is 9.59 Å². The maximum Gasteiger partial charge on any atom is 0.338 e. The van der Waals surface area contributed by atoms with Gasteiger partial charge in [-0.2, -0.15) is 0 Å². The van der Waals surface area contributed by atoms with Crippen LogP contribution in [0.2, 0.25) is 0 Å². The highest BCUT2D eigenvalue weighted by Gasteiger charge is 2.32. The van der Waals surface area contributed by atoms with E-state index in [0.717, 1.165) is 16.2 Å². The number of morpholine rings is 1. The Morgan fingerprint density at radius 1 is 1.38 bits per heavy atom. The van der Waals surface area contributed by atoms with Crippen molar-refractivity contribution in [2.45, 2.75) is 0 Å². The normalized spacial score (nSPS) is 16.6. The first kappa shape index (κ1) is 10.8. The summed E-state index contributed by atoms with van der Waals surface area (Å²) in [7, 11) is 0. The number of hydrogen-bond donors (Lipinski definition) is 1. The van der Waals surface area contributed by atoms with Crippen molar-refractivity contribution >= 4 is 34.1 Å². The molecular formula is C9H7NO5S. The molecule has 0 saturated carbocycles. The summed E-state index contributed by atoms with van der Waals surface area (Å²) in [6, 6.07) is 1.36. The van der Waals surface area contributed by atoms with E-state index in [2.05, 4.69) is 0 Å². The van der Waals surface area contributed by atoms with Gasteiger partial charge in [-0.1, -0.05) is 0 Å². The van der Waals surface area contributed by atoms with Gasteiger partial charge in [0.2, 0.25) is 0 Å². The molecule has 1 aromatic rings. The summed E-state index contributed by atoms with van der Waals surface area (Å²) in [5.74, 6) is -2.24. The minimum absolute atomic E-state index is 0.0476. The fourth-order valence-electron chi connectivity index (χ4n) is 1.36. The highest BCUT2D eigenvalue weighted by atomic mass is 32.1. The maximum absolute atomic E-state index is 11.5. The minimum Gasteiger partial charge on any atom is -0.478 e. The summed E-state index contributed by atoms with van der Waals surface area (Å²) < 4.78 is 4.74. The summed E-state index contributed by atoms with van der Waals surface area (Å²) >= 11 is 1.04. The molecule has 1 saturated heterocycles. The summed E-state index contributed by atoms with van der Waals surface area (Å²) in [5, 5.41) is 10.6. The molecule has 2 heterocycles. The van der Waals surface area contributed by atoms with E-state index in [1.807, 2.05) is 0 Å². The third kappa shape index (κ3) is 1.70. The number of aromatic carboxylic acids is 1. The predicted molar refractivity (Wildman–Crippen MR) is 54.6 cm³/mol. The Bertz CT molecular complexity index is 450. The van der Waals surface area contributed by atoms with Crippen molar-refractivity contribution in [3.05, 3.63) is 17.0 Å². The van der Waals surface area contributed by atoms with Crippen LogP contribution in [-0.4, -0.2) is 36.1 Å². The van der Waals surface area contributed by atoms with Gasteiger partial charge in [0.25, 0.3) is 11.8 Å². The van der Waals surface area contributed by atoms with Gasteiger partial charge >= 0.3 is 5.97 Å². The average Bonchev–Trinajstić information content (AvgIpc) is 2.66. The first-order valence-electron chi connectivity index (χ1n) is 4.35. The molecule has 1 aromatic heterocycles. The first-order valence-corrected chi connectivity index (χ1v) is 5.23. The standard InChI is InChI=1S/C9H7NO5S/c11-6-3-15-4-7(12)10(6)8-5(9(13)14)1-2-16-8/h1-2H,3-4H2,(H,13,14). The van der Waals surface area contributed by atoms with Crippen LogP contribution >= 0.6 is 11.3 Å². The number of carboxylic acids is 1. The minimum atomic E-state index is -1.16. The number of imide groups is 1. The van der Waals surface area contributed by atoms with Gasteiger partial charge in [0, 0.05) is 0 Å². The number of carboxylic acid groups (broad SMARTS) is 1. The molecular weight excluding hydrogens is 234 g/mol. The van der Waals surface area contributed by atoms with Crippen LogP contribution in [0.3, 0.4) is 0 Å². The van der Waals surface area contributed by atoms with Crippen LogP contribution in [0.5, 0.6) is 0 Å². The van der Waals surface area contributed by atoms with E-state index < -0.39 is 17.8 Å². The van der Waals surface area contributed by atoms with E-state index in [-0.39, 0.29) is 23.8 Å². The number of carbonyl (C=O) groups excluding carboxylic acids is 2. The van der Waals surface area contributed by atoms with Gasteiger partial charge in [-0.05, 0) is 11.4 Å². The molecule has 0 aromatic carbocycles. The third-order valence-corrected chi connectivity index (χ3v) is 2.93. The van der Waals surface area contributed by atoms with Crippen LogP contribution < -0.4 is 4.90 Å². The highest BCUT2D eigenvalue weighted by molar-refractivity contribution is 7.15.